The topological polar surface area (TPSA) is 73.7 Å². The van der Waals surface area contributed by atoms with Crippen molar-refractivity contribution in [3.63, 3.8) is 0 Å². The van der Waals surface area contributed by atoms with Crippen LogP contribution in [0.4, 0.5) is 5.69 Å². The standard InChI is InChI=1S/C22H32N2O3S2/c1-16(2)9-12-24(19-7-5-17(6-8-19)11-14-25)13-10-18-15-28-21(23-18)29-22(3,4)20(26)27/h5-8,15-16,25H,9-14H2,1-4H3,(H,26,27). The first-order chi connectivity index (χ1) is 13.7. The van der Waals surface area contributed by atoms with Gasteiger partial charge in [0.15, 0.2) is 4.34 Å². The maximum Gasteiger partial charge on any atom is 0.319 e. The van der Waals surface area contributed by atoms with Crippen LogP contribution in [0.5, 0.6) is 0 Å². The van der Waals surface area contributed by atoms with Crippen molar-refractivity contribution < 1.29 is 15.0 Å². The molecular weight excluding hydrogens is 404 g/mol. The lowest BCUT2D eigenvalue weighted by atomic mass is 10.1. The lowest BCUT2D eigenvalue weighted by molar-refractivity contribution is -0.138. The number of thioether (sulfide) groups is 1. The molecule has 0 unspecified atom stereocenters. The highest BCUT2D eigenvalue weighted by atomic mass is 32.2. The van der Waals surface area contributed by atoms with Crippen molar-refractivity contribution in [2.24, 2.45) is 5.92 Å². The molecule has 1 aromatic carbocycles. The van der Waals surface area contributed by atoms with Gasteiger partial charge in [0, 0.05) is 37.2 Å². The molecule has 2 aromatic rings. The Morgan fingerprint density at radius 2 is 1.90 bits per heavy atom. The lowest BCUT2D eigenvalue weighted by Gasteiger charge is -2.26. The van der Waals surface area contributed by atoms with Gasteiger partial charge in [-0.1, -0.05) is 37.7 Å². The predicted molar refractivity (Wildman–Crippen MR) is 122 cm³/mol. The first-order valence-electron chi connectivity index (χ1n) is 10.0. The zero-order chi connectivity index (χ0) is 21.4. The number of nitrogens with zero attached hydrogens (tertiary/aromatic N) is 2. The summed E-state index contributed by atoms with van der Waals surface area (Å²) in [5, 5.41) is 20.4. The summed E-state index contributed by atoms with van der Waals surface area (Å²) < 4.78 is -0.0798. The van der Waals surface area contributed by atoms with Gasteiger partial charge in [0.05, 0.1) is 5.69 Å². The number of rotatable bonds is 12. The van der Waals surface area contributed by atoms with E-state index in [4.69, 9.17) is 5.11 Å². The van der Waals surface area contributed by atoms with Crippen LogP contribution >= 0.6 is 23.1 Å². The van der Waals surface area contributed by atoms with E-state index >= 15 is 0 Å². The van der Waals surface area contributed by atoms with Gasteiger partial charge in [-0.3, -0.25) is 4.79 Å². The fraction of sp³-hybridized carbons (Fsp3) is 0.545. The van der Waals surface area contributed by atoms with Crippen LogP contribution in [0, 0.1) is 5.92 Å². The minimum absolute atomic E-state index is 0.166. The molecule has 0 atom stereocenters. The Hall–Kier alpha value is -1.57. The van der Waals surface area contributed by atoms with Crippen LogP contribution in [0.3, 0.4) is 0 Å². The second kappa shape index (κ2) is 11.0. The Kier molecular flexibility index (Phi) is 8.99. The molecule has 0 spiro atoms. The molecule has 0 amide bonds. The molecule has 1 heterocycles. The van der Waals surface area contributed by atoms with Gasteiger partial charge >= 0.3 is 5.97 Å². The van der Waals surface area contributed by atoms with Gasteiger partial charge in [0.1, 0.15) is 4.75 Å². The average Bonchev–Trinajstić information content (AvgIpc) is 3.09. The molecule has 0 fully saturated rings. The Morgan fingerprint density at radius 3 is 2.48 bits per heavy atom. The minimum atomic E-state index is -0.880. The second-order valence-corrected chi connectivity index (χ2v) is 10.8. The minimum Gasteiger partial charge on any atom is -0.480 e. The number of hydrogen-bond acceptors (Lipinski definition) is 6. The molecule has 29 heavy (non-hydrogen) atoms. The number of aliphatic hydroxyl groups is 1. The predicted octanol–water partition coefficient (Wildman–Crippen LogP) is 4.73. The number of aromatic nitrogens is 1. The summed E-state index contributed by atoms with van der Waals surface area (Å²) in [6.07, 6.45) is 2.61. The van der Waals surface area contributed by atoms with Gasteiger partial charge in [-0.05, 0) is 50.3 Å². The molecule has 0 aliphatic heterocycles. The zero-order valence-corrected chi connectivity index (χ0v) is 19.4. The number of benzene rings is 1. The molecule has 0 saturated heterocycles. The fourth-order valence-corrected chi connectivity index (χ4v) is 4.97. The Bertz CT molecular complexity index is 773. The van der Waals surface area contributed by atoms with E-state index in [1.54, 1.807) is 13.8 Å². The molecule has 0 saturated carbocycles. The molecule has 7 heteroatoms. The summed E-state index contributed by atoms with van der Waals surface area (Å²) >= 11 is 2.81. The number of carbonyl (C=O) groups is 1. The number of thiazole rings is 1. The zero-order valence-electron chi connectivity index (χ0n) is 17.7. The summed E-state index contributed by atoms with van der Waals surface area (Å²) in [5.74, 6) is -0.199. The number of carboxylic acids is 1. The highest BCUT2D eigenvalue weighted by Gasteiger charge is 2.29. The average molecular weight is 437 g/mol. The van der Waals surface area contributed by atoms with Crippen LogP contribution in [0.2, 0.25) is 0 Å². The van der Waals surface area contributed by atoms with E-state index in [2.05, 4.69) is 48.0 Å². The Morgan fingerprint density at radius 1 is 1.21 bits per heavy atom. The summed E-state index contributed by atoms with van der Waals surface area (Å²) in [6.45, 7) is 9.88. The lowest BCUT2D eigenvalue weighted by Crippen LogP contribution is -2.28. The molecule has 0 aliphatic carbocycles. The molecule has 5 nitrogen and oxygen atoms in total. The van der Waals surface area contributed by atoms with E-state index in [1.165, 1.54) is 28.8 Å². The SMILES string of the molecule is CC(C)CCN(CCc1csc(SC(C)(C)C(=O)O)n1)c1ccc(CCO)cc1. The summed E-state index contributed by atoms with van der Waals surface area (Å²) in [5.41, 5.74) is 3.33. The van der Waals surface area contributed by atoms with Crippen LogP contribution in [0.1, 0.15) is 45.4 Å². The van der Waals surface area contributed by atoms with Crippen molar-refractivity contribution in [3.05, 3.63) is 40.9 Å². The van der Waals surface area contributed by atoms with E-state index in [1.807, 2.05) is 5.38 Å². The third-order valence-electron chi connectivity index (χ3n) is 4.70. The van der Waals surface area contributed by atoms with E-state index in [0.29, 0.717) is 12.3 Å². The number of anilines is 1. The van der Waals surface area contributed by atoms with Crippen molar-refractivity contribution >= 4 is 34.8 Å². The third kappa shape index (κ3) is 7.64. The quantitative estimate of drug-likeness (QED) is 0.469. The molecule has 2 rings (SSSR count). The molecule has 1 aromatic heterocycles. The van der Waals surface area contributed by atoms with Crippen LogP contribution < -0.4 is 4.90 Å². The Labute approximate surface area is 182 Å². The van der Waals surface area contributed by atoms with Crippen LogP contribution in [0.25, 0.3) is 0 Å². The van der Waals surface area contributed by atoms with Gasteiger partial charge in [0.25, 0.3) is 0 Å². The van der Waals surface area contributed by atoms with E-state index in [0.717, 1.165) is 41.5 Å². The first kappa shape index (κ1) is 23.7. The van der Waals surface area contributed by atoms with Gasteiger partial charge < -0.3 is 15.1 Å². The van der Waals surface area contributed by atoms with Gasteiger partial charge in [-0.25, -0.2) is 4.98 Å². The van der Waals surface area contributed by atoms with E-state index < -0.39 is 10.7 Å². The highest BCUT2D eigenvalue weighted by Crippen LogP contribution is 2.34. The number of aliphatic hydroxyl groups excluding tert-OH is 1. The van der Waals surface area contributed by atoms with Crippen molar-refractivity contribution in [2.75, 3.05) is 24.6 Å². The van der Waals surface area contributed by atoms with Gasteiger partial charge in [0.2, 0.25) is 0 Å². The first-order valence-corrected chi connectivity index (χ1v) is 11.7. The molecule has 0 radical (unpaired) electrons. The Balaban J connectivity index is 2.03. The number of aliphatic carboxylic acids is 1. The summed E-state index contributed by atoms with van der Waals surface area (Å²) in [7, 11) is 0. The molecule has 2 N–H and O–H groups in total. The van der Waals surface area contributed by atoms with Crippen LogP contribution in [0.15, 0.2) is 34.0 Å². The monoisotopic (exact) mass is 436 g/mol. The highest BCUT2D eigenvalue weighted by molar-refractivity contribution is 8.02. The molecule has 0 aliphatic rings. The van der Waals surface area contributed by atoms with Crippen molar-refractivity contribution in [3.8, 4) is 0 Å². The van der Waals surface area contributed by atoms with Crippen LogP contribution in [-0.4, -0.2) is 45.6 Å². The summed E-state index contributed by atoms with van der Waals surface area (Å²) in [6, 6.07) is 8.42. The van der Waals surface area contributed by atoms with Crippen molar-refractivity contribution in [1.29, 1.82) is 0 Å². The third-order valence-corrected chi connectivity index (χ3v) is 6.88. The molecular formula is C22H32N2O3S2. The maximum absolute atomic E-state index is 11.3. The summed E-state index contributed by atoms with van der Waals surface area (Å²) in [4.78, 5) is 18.4. The number of carboxylic acid groups (broad SMARTS) is 1. The van der Waals surface area contributed by atoms with E-state index in [-0.39, 0.29) is 6.61 Å². The van der Waals surface area contributed by atoms with Crippen molar-refractivity contribution in [2.45, 2.75) is 56.0 Å². The van der Waals surface area contributed by atoms with Gasteiger partial charge in [-0.15, -0.1) is 11.3 Å². The molecule has 160 valence electrons. The maximum atomic E-state index is 11.3. The largest absolute Gasteiger partial charge is 0.480 e. The normalized spacial score (nSPS) is 11.8. The number of hydrogen-bond donors (Lipinski definition) is 2. The van der Waals surface area contributed by atoms with Gasteiger partial charge in [-0.2, -0.15) is 0 Å². The molecule has 0 bridgehead atoms. The second-order valence-electron chi connectivity index (χ2n) is 8.08. The van der Waals surface area contributed by atoms with E-state index in [9.17, 15) is 9.90 Å². The smallest absolute Gasteiger partial charge is 0.319 e. The fourth-order valence-electron chi connectivity index (χ4n) is 2.75. The van der Waals surface area contributed by atoms with Crippen molar-refractivity contribution in [1.82, 2.24) is 4.98 Å². The van der Waals surface area contributed by atoms with Crippen LogP contribution in [-0.2, 0) is 17.6 Å².